The molecule has 2 nitrogen and oxygen atoms in total. The lowest BCUT2D eigenvalue weighted by Gasteiger charge is -2.10. The quantitative estimate of drug-likeness (QED) is 0.788. The van der Waals surface area contributed by atoms with Crippen molar-refractivity contribution >= 4 is 12.0 Å². The van der Waals surface area contributed by atoms with Gasteiger partial charge in [0, 0.05) is 17.8 Å². The standard InChI is InChI=1S/C10H10F3NO/c1-2-14-9-4-3-8(10(11,12)13)5-7(9)6-15/h3-6,14H,2H2,1H3. The van der Waals surface area contributed by atoms with Crippen LogP contribution in [0.4, 0.5) is 18.9 Å². The van der Waals surface area contributed by atoms with Crippen LogP contribution in [0.3, 0.4) is 0 Å². The molecule has 82 valence electrons. The van der Waals surface area contributed by atoms with Crippen molar-refractivity contribution in [1.29, 1.82) is 0 Å². The first kappa shape index (κ1) is 11.6. The van der Waals surface area contributed by atoms with Crippen molar-refractivity contribution in [2.45, 2.75) is 13.1 Å². The van der Waals surface area contributed by atoms with Gasteiger partial charge in [-0.3, -0.25) is 4.79 Å². The molecule has 0 aliphatic heterocycles. The normalized spacial score (nSPS) is 11.2. The third kappa shape index (κ3) is 2.71. The molecule has 0 atom stereocenters. The average molecular weight is 217 g/mol. The maximum Gasteiger partial charge on any atom is 0.416 e. The smallest absolute Gasteiger partial charge is 0.385 e. The lowest BCUT2D eigenvalue weighted by Crippen LogP contribution is -2.07. The number of alkyl halides is 3. The molecule has 15 heavy (non-hydrogen) atoms. The number of nitrogens with one attached hydrogen (secondary N) is 1. The molecule has 0 bridgehead atoms. The fourth-order valence-corrected chi connectivity index (χ4v) is 1.19. The van der Waals surface area contributed by atoms with Crippen LogP contribution in [0.2, 0.25) is 0 Å². The molecular formula is C10H10F3NO. The molecule has 0 aliphatic rings. The highest BCUT2D eigenvalue weighted by Gasteiger charge is 2.30. The maximum absolute atomic E-state index is 12.3. The van der Waals surface area contributed by atoms with Gasteiger partial charge in [0.2, 0.25) is 0 Å². The first-order valence-corrected chi connectivity index (χ1v) is 4.39. The number of carbonyl (C=O) groups excluding carboxylic acids is 1. The Morgan fingerprint density at radius 3 is 2.53 bits per heavy atom. The van der Waals surface area contributed by atoms with Crippen LogP contribution in [0, 0.1) is 0 Å². The van der Waals surface area contributed by atoms with Gasteiger partial charge >= 0.3 is 6.18 Å². The summed E-state index contributed by atoms with van der Waals surface area (Å²) < 4.78 is 36.9. The minimum absolute atomic E-state index is 0.0201. The topological polar surface area (TPSA) is 29.1 Å². The Balaban J connectivity index is 3.13. The second-order valence-corrected chi connectivity index (χ2v) is 2.95. The van der Waals surface area contributed by atoms with Crippen LogP contribution in [0.1, 0.15) is 22.8 Å². The van der Waals surface area contributed by atoms with E-state index < -0.39 is 11.7 Å². The van der Waals surface area contributed by atoms with Crippen LogP contribution in [0.25, 0.3) is 0 Å². The molecule has 0 saturated carbocycles. The molecular weight excluding hydrogens is 207 g/mol. The van der Waals surface area contributed by atoms with Crippen molar-refractivity contribution in [1.82, 2.24) is 0 Å². The molecule has 0 radical (unpaired) electrons. The number of carbonyl (C=O) groups is 1. The molecule has 1 aromatic rings. The highest BCUT2D eigenvalue weighted by Crippen LogP contribution is 2.31. The van der Waals surface area contributed by atoms with Crippen molar-refractivity contribution in [3.63, 3.8) is 0 Å². The lowest BCUT2D eigenvalue weighted by molar-refractivity contribution is -0.137. The molecule has 1 rings (SSSR count). The zero-order valence-corrected chi connectivity index (χ0v) is 8.06. The molecule has 1 N–H and O–H groups in total. The molecule has 0 heterocycles. The summed E-state index contributed by atoms with van der Waals surface area (Å²) in [7, 11) is 0. The Bertz CT molecular complexity index is 360. The first-order valence-electron chi connectivity index (χ1n) is 4.39. The largest absolute Gasteiger partial charge is 0.416 e. The van der Waals surface area contributed by atoms with Crippen molar-refractivity contribution in [3.05, 3.63) is 29.3 Å². The van der Waals surface area contributed by atoms with E-state index in [1.165, 1.54) is 6.07 Å². The van der Waals surface area contributed by atoms with Crippen LogP contribution in [0.15, 0.2) is 18.2 Å². The zero-order valence-electron chi connectivity index (χ0n) is 8.06. The van der Waals surface area contributed by atoms with Gasteiger partial charge in [-0.1, -0.05) is 0 Å². The van der Waals surface area contributed by atoms with E-state index in [1.807, 2.05) is 0 Å². The third-order valence-electron chi connectivity index (χ3n) is 1.87. The van der Waals surface area contributed by atoms with Crippen molar-refractivity contribution in [2.75, 3.05) is 11.9 Å². The molecule has 0 unspecified atom stereocenters. The summed E-state index contributed by atoms with van der Waals surface area (Å²) in [5.74, 6) is 0. The van der Waals surface area contributed by atoms with Crippen LogP contribution >= 0.6 is 0 Å². The van der Waals surface area contributed by atoms with E-state index in [1.54, 1.807) is 6.92 Å². The highest BCUT2D eigenvalue weighted by atomic mass is 19.4. The van der Waals surface area contributed by atoms with Crippen LogP contribution < -0.4 is 5.32 Å². The molecule has 0 aromatic heterocycles. The second-order valence-electron chi connectivity index (χ2n) is 2.95. The van der Waals surface area contributed by atoms with E-state index in [2.05, 4.69) is 5.32 Å². The number of rotatable bonds is 3. The maximum atomic E-state index is 12.3. The Morgan fingerprint density at radius 2 is 2.07 bits per heavy atom. The van der Waals surface area contributed by atoms with Crippen molar-refractivity contribution in [3.8, 4) is 0 Å². The predicted octanol–water partition coefficient (Wildman–Crippen LogP) is 2.95. The fourth-order valence-electron chi connectivity index (χ4n) is 1.19. The summed E-state index contributed by atoms with van der Waals surface area (Å²) in [6.45, 7) is 2.35. The van der Waals surface area contributed by atoms with E-state index in [9.17, 15) is 18.0 Å². The van der Waals surface area contributed by atoms with E-state index in [0.717, 1.165) is 12.1 Å². The molecule has 0 spiro atoms. The molecule has 0 fully saturated rings. The number of aldehydes is 1. The summed E-state index contributed by atoms with van der Waals surface area (Å²) in [6.07, 6.45) is -4.00. The minimum atomic E-state index is -4.41. The summed E-state index contributed by atoms with van der Waals surface area (Å²) in [4.78, 5) is 10.6. The average Bonchev–Trinajstić information content (AvgIpc) is 2.17. The Morgan fingerprint density at radius 1 is 1.40 bits per heavy atom. The molecule has 5 heteroatoms. The van der Waals surface area contributed by atoms with Gasteiger partial charge in [-0.05, 0) is 25.1 Å². The molecule has 0 amide bonds. The first-order chi connectivity index (χ1) is 6.99. The van der Waals surface area contributed by atoms with Crippen molar-refractivity contribution < 1.29 is 18.0 Å². The zero-order chi connectivity index (χ0) is 11.5. The van der Waals surface area contributed by atoms with E-state index in [-0.39, 0.29) is 5.56 Å². The summed E-state index contributed by atoms with van der Waals surface area (Å²) >= 11 is 0. The van der Waals surface area contributed by atoms with Crippen LogP contribution in [0.5, 0.6) is 0 Å². The van der Waals surface area contributed by atoms with Crippen LogP contribution in [-0.2, 0) is 6.18 Å². The molecule has 0 aliphatic carbocycles. The van der Waals surface area contributed by atoms with E-state index >= 15 is 0 Å². The third-order valence-corrected chi connectivity index (χ3v) is 1.87. The summed E-state index contributed by atoms with van der Waals surface area (Å²) in [6, 6.07) is 3.05. The van der Waals surface area contributed by atoms with Gasteiger partial charge in [0.05, 0.1) is 5.56 Å². The van der Waals surface area contributed by atoms with E-state index in [0.29, 0.717) is 18.5 Å². The summed E-state index contributed by atoms with van der Waals surface area (Å²) in [5, 5.41) is 2.81. The Labute approximate surface area is 85.1 Å². The number of anilines is 1. The van der Waals surface area contributed by atoms with Gasteiger partial charge in [-0.2, -0.15) is 13.2 Å². The minimum Gasteiger partial charge on any atom is -0.385 e. The van der Waals surface area contributed by atoms with E-state index in [4.69, 9.17) is 0 Å². The highest BCUT2D eigenvalue weighted by molar-refractivity contribution is 5.84. The lowest BCUT2D eigenvalue weighted by atomic mass is 10.1. The monoisotopic (exact) mass is 217 g/mol. The fraction of sp³-hybridized carbons (Fsp3) is 0.300. The summed E-state index contributed by atoms with van der Waals surface area (Å²) in [5.41, 5.74) is -0.376. The molecule has 1 aromatic carbocycles. The molecule has 0 saturated heterocycles. The Kier molecular flexibility index (Phi) is 3.34. The van der Waals surface area contributed by atoms with Crippen molar-refractivity contribution in [2.24, 2.45) is 0 Å². The predicted molar refractivity (Wildman–Crippen MR) is 51.0 cm³/mol. The van der Waals surface area contributed by atoms with Gasteiger partial charge in [0.25, 0.3) is 0 Å². The number of hydrogen-bond donors (Lipinski definition) is 1. The second kappa shape index (κ2) is 4.33. The Hall–Kier alpha value is -1.52. The SMILES string of the molecule is CCNc1ccc(C(F)(F)F)cc1C=O. The van der Waals surface area contributed by atoms with Gasteiger partial charge in [-0.15, -0.1) is 0 Å². The number of halogens is 3. The van der Waals surface area contributed by atoms with Gasteiger partial charge in [-0.25, -0.2) is 0 Å². The van der Waals surface area contributed by atoms with Gasteiger partial charge in [0.15, 0.2) is 6.29 Å². The number of benzene rings is 1. The van der Waals surface area contributed by atoms with Gasteiger partial charge in [0.1, 0.15) is 0 Å². The van der Waals surface area contributed by atoms with Crippen LogP contribution in [-0.4, -0.2) is 12.8 Å². The number of hydrogen-bond acceptors (Lipinski definition) is 2. The van der Waals surface area contributed by atoms with Gasteiger partial charge < -0.3 is 5.32 Å².